The molecule has 0 unspecified atom stereocenters. The van der Waals surface area contributed by atoms with Crippen LogP contribution in [0.4, 0.5) is 4.39 Å². The Labute approximate surface area is 99.5 Å². The first kappa shape index (κ1) is 11.7. The van der Waals surface area contributed by atoms with Crippen molar-refractivity contribution in [2.75, 3.05) is 6.54 Å². The molecule has 0 saturated carbocycles. The zero-order chi connectivity index (χ0) is 12.1. The largest absolute Gasteiger partial charge is 0.330 e. The van der Waals surface area contributed by atoms with Crippen molar-refractivity contribution in [2.24, 2.45) is 5.73 Å². The van der Waals surface area contributed by atoms with E-state index in [1.807, 2.05) is 6.07 Å². The van der Waals surface area contributed by atoms with Crippen LogP contribution in [0.25, 0.3) is 0 Å². The number of rotatable bonds is 4. The van der Waals surface area contributed by atoms with Crippen molar-refractivity contribution in [2.45, 2.75) is 12.8 Å². The molecule has 3 nitrogen and oxygen atoms in total. The lowest BCUT2D eigenvalue weighted by atomic mass is 10.1. The van der Waals surface area contributed by atoms with Crippen molar-refractivity contribution in [3.63, 3.8) is 0 Å². The van der Waals surface area contributed by atoms with Gasteiger partial charge in [-0.3, -0.25) is 0 Å². The fraction of sp³-hybridized carbons (Fsp3) is 0.231. The first-order valence-electron chi connectivity index (χ1n) is 5.53. The van der Waals surface area contributed by atoms with E-state index in [2.05, 4.69) is 9.97 Å². The number of nitrogens with two attached hydrogens (primary N) is 1. The highest BCUT2D eigenvalue weighted by Crippen LogP contribution is 2.07. The van der Waals surface area contributed by atoms with Gasteiger partial charge < -0.3 is 5.73 Å². The van der Waals surface area contributed by atoms with Crippen molar-refractivity contribution in [3.8, 4) is 0 Å². The summed E-state index contributed by atoms with van der Waals surface area (Å²) in [7, 11) is 0. The third-order valence-corrected chi connectivity index (χ3v) is 2.44. The van der Waals surface area contributed by atoms with E-state index in [4.69, 9.17) is 5.73 Å². The van der Waals surface area contributed by atoms with E-state index in [1.54, 1.807) is 18.3 Å². The van der Waals surface area contributed by atoms with Crippen molar-refractivity contribution >= 4 is 0 Å². The van der Waals surface area contributed by atoms with Gasteiger partial charge in [0.15, 0.2) is 0 Å². The van der Waals surface area contributed by atoms with E-state index < -0.39 is 0 Å². The molecule has 2 rings (SSSR count). The minimum Gasteiger partial charge on any atom is -0.330 e. The molecule has 0 spiro atoms. The molecular formula is C13H14FN3. The number of aromatic nitrogens is 2. The Morgan fingerprint density at radius 1 is 1.12 bits per heavy atom. The number of halogens is 1. The van der Waals surface area contributed by atoms with E-state index in [0.29, 0.717) is 13.0 Å². The van der Waals surface area contributed by atoms with E-state index in [9.17, 15) is 4.39 Å². The summed E-state index contributed by atoms with van der Waals surface area (Å²) in [6.45, 7) is 0.576. The summed E-state index contributed by atoms with van der Waals surface area (Å²) in [6, 6.07) is 8.24. The lowest BCUT2D eigenvalue weighted by molar-refractivity contribution is 0.627. The monoisotopic (exact) mass is 231 g/mol. The summed E-state index contributed by atoms with van der Waals surface area (Å²) in [5.41, 5.74) is 7.42. The molecule has 0 radical (unpaired) electrons. The Morgan fingerprint density at radius 2 is 1.88 bits per heavy atom. The van der Waals surface area contributed by atoms with Gasteiger partial charge in [-0.25, -0.2) is 14.4 Å². The van der Waals surface area contributed by atoms with Gasteiger partial charge in [-0.2, -0.15) is 0 Å². The fourth-order valence-electron chi connectivity index (χ4n) is 1.60. The second kappa shape index (κ2) is 5.50. The molecule has 4 heteroatoms. The van der Waals surface area contributed by atoms with Crippen LogP contribution in [-0.4, -0.2) is 16.5 Å². The van der Waals surface area contributed by atoms with Crippen LogP contribution in [0.1, 0.15) is 17.1 Å². The Balaban J connectivity index is 2.12. The Bertz CT molecular complexity index is 482. The Kier molecular flexibility index (Phi) is 3.77. The van der Waals surface area contributed by atoms with Crippen molar-refractivity contribution in [1.82, 2.24) is 9.97 Å². The Hall–Kier alpha value is -1.81. The van der Waals surface area contributed by atoms with Crippen LogP contribution in [-0.2, 0) is 12.8 Å². The molecule has 0 aliphatic rings. The molecule has 2 aromatic rings. The first-order chi connectivity index (χ1) is 8.28. The maximum absolute atomic E-state index is 12.7. The standard InChI is InChI=1S/C13H14FN3/c14-11-3-1-10(2-4-11)9-13-16-8-6-12(17-13)5-7-15/h1-4,6,8H,5,7,9,15H2. The van der Waals surface area contributed by atoms with Crippen molar-refractivity contribution in [3.05, 3.63) is 59.4 Å². The van der Waals surface area contributed by atoms with Gasteiger partial charge in [-0.15, -0.1) is 0 Å². The molecule has 0 fully saturated rings. The highest BCUT2D eigenvalue weighted by molar-refractivity contribution is 5.20. The van der Waals surface area contributed by atoms with Crippen LogP contribution in [0.3, 0.4) is 0 Å². The zero-order valence-electron chi connectivity index (χ0n) is 9.44. The first-order valence-corrected chi connectivity index (χ1v) is 5.53. The van der Waals surface area contributed by atoms with Gasteiger partial charge >= 0.3 is 0 Å². The topological polar surface area (TPSA) is 51.8 Å². The van der Waals surface area contributed by atoms with Gasteiger partial charge in [0.25, 0.3) is 0 Å². The second-order valence-electron chi connectivity index (χ2n) is 3.81. The van der Waals surface area contributed by atoms with E-state index in [0.717, 1.165) is 23.5 Å². The summed E-state index contributed by atoms with van der Waals surface area (Å²) >= 11 is 0. The SMILES string of the molecule is NCCc1ccnc(Cc2ccc(F)cc2)n1. The maximum Gasteiger partial charge on any atom is 0.132 e. The molecule has 1 heterocycles. The van der Waals surface area contributed by atoms with E-state index in [1.165, 1.54) is 12.1 Å². The molecule has 0 aliphatic carbocycles. The summed E-state index contributed by atoms with van der Waals surface area (Å²) in [4.78, 5) is 8.59. The lowest BCUT2D eigenvalue weighted by Crippen LogP contribution is -2.06. The molecular weight excluding hydrogens is 217 g/mol. The molecule has 2 N–H and O–H groups in total. The molecule has 1 aromatic heterocycles. The second-order valence-corrected chi connectivity index (χ2v) is 3.81. The van der Waals surface area contributed by atoms with Crippen LogP contribution >= 0.6 is 0 Å². The van der Waals surface area contributed by atoms with Crippen molar-refractivity contribution in [1.29, 1.82) is 0 Å². The lowest BCUT2D eigenvalue weighted by Gasteiger charge is -2.03. The predicted molar refractivity (Wildman–Crippen MR) is 64.0 cm³/mol. The predicted octanol–water partition coefficient (Wildman–Crippen LogP) is 1.71. The highest BCUT2D eigenvalue weighted by atomic mass is 19.1. The number of hydrogen-bond acceptors (Lipinski definition) is 3. The average Bonchev–Trinajstić information content (AvgIpc) is 2.33. The third-order valence-electron chi connectivity index (χ3n) is 2.44. The van der Waals surface area contributed by atoms with Gasteiger partial charge in [0, 0.05) is 24.7 Å². The average molecular weight is 231 g/mol. The number of nitrogens with zero attached hydrogens (tertiary/aromatic N) is 2. The third kappa shape index (κ3) is 3.32. The molecule has 0 bridgehead atoms. The maximum atomic E-state index is 12.7. The summed E-state index contributed by atoms with van der Waals surface area (Å²) < 4.78 is 12.7. The molecule has 17 heavy (non-hydrogen) atoms. The molecule has 0 saturated heterocycles. The van der Waals surface area contributed by atoms with Gasteiger partial charge in [-0.1, -0.05) is 12.1 Å². The molecule has 0 aliphatic heterocycles. The molecule has 0 amide bonds. The molecule has 1 aromatic carbocycles. The summed E-state index contributed by atoms with van der Waals surface area (Å²) in [5, 5.41) is 0. The zero-order valence-corrected chi connectivity index (χ0v) is 9.44. The quantitative estimate of drug-likeness (QED) is 0.871. The minimum atomic E-state index is -0.230. The smallest absolute Gasteiger partial charge is 0.132 e. The van der Waals surface area contributed by atoms with Crippen LogP contribution < -0.4 is 5.73 Å². The molecule has 88 valence electrons. The summed E-state index contributed by atoms with van der Waals surface area (Å²) in [5.74, 6) is 0.508. The van der Waals surface area contributed by atoms with E-state index >= 15 is 0 Å². The van der Waals surface area contributed by atoms with Gasteiger partial charge in [0.05, 0.1) is 0 Å². The minimum absolute atomic E-state index is 0.230. The fourth-order valence-corrected chi connectivity index (χ4v) is 1.60. The summed E-state index contributed by atoms with van der Waals surface area (Å²) in [6.07, 6.45) is 3.09. The highest BCUT2D eigenvalue weighted by Gasteiger charge is 2.01. The number of hydrogen-bond donors (Lipinski definition) is 1. The normalized spacial score (nSPS) is 10.5. The van der Waals surface area contributed by atoms with Crippen LogP contribution in [0, 0.1) is 5.82 Å². The van der Waals surface area contributed by atoms with Crippen LogP contribution in [0.5, 0.6) is 0 Å². The van der Waals surface area contributed by atoms with Gasteiger partial charge in [0.2, 0.25) is 0 Å². The van der Waals surface area contributed by atoms with Gasteiger partial charge in [-0.05, 0) is 30.3 Å². The van der Waals surface area contributed by atoms with E-state index in [-0.39, 0.29) is 5.82 Å². The van der Waals surface area contributed by atoms with Crippen LogP contribution in [0.2, 0.25) is 0 Å². The number of benzene rings is 1. The Morgan fingerprint density at radius 3 is 2.59 bits per heavy atom. The van der Waals surface area contributed by atoms with Crippen molar-refractivity contribution < 1.29 is 4.39 Å². The van der Waals surface area contributed by atoms with Gasteiger partial charge in [0.1, 0.15) is 11.6 Å². The molecule has 0 atom stereocenters. The van der Waals surface area contributed by atoms with Crippen LogP contribution in [0.15, 0.2) is 36.5 Å².